The molecule has 0 heterocycles. The fraction of sp³-hybridized carbons (Fsp3) is 0.800. The number of nitrogens with one attached hydrogen (secondary N) is 2. The summed E-state index contributed by atoms with van der Waals surface area (Å²) in [6.07, 6.45) is 1.15. The summed E-state index contributed by atoms with van der Waals surface area (Å²) >= 11 is 0. The normalized spacial score (nSPS) is 20.6. The third-order valence-electron chi connectivity index (χ3n) is 3.41. The Bertz CT molecular complexity index is 415. The maximum absolute atomic E-state index is 11.9. The lowest BCUT2D eigenvalue weighted by atomic mass is 10.1. The zero-order chi connectivity index (χ0) is 16.2. The molecule has 0 aromatic carbocycles. The zero-order valence-electron chi connectivity index (χ0n) is 13.7. The van der Waals surface area contributed by atoms with Gasteiger partial charge in [0, 0.05) is 31.5 Å². The fourth-order valence-electron chi connectivity index (χ4n) is 2.06. The molecule has 120 valence electrons. The number of amides is 3. The molecule has 1 saturated carbocycles. The Morgan fingerprint density at radius 2 is 1.81 bits per heavy atom. The molecule has 1 aliphatic rings. The average Bonchev–Trinajstić information content (AvgIpc) is 3.03. The number of nitrogens with zero attached hydrogens (tertiary/aromatic N) is 1. The smallest absolute Gasteiger partial charge is 0.240 e. The molecule has 0 aromatic heterocycles. The highest BCUT2D eigenvalue weighted by Crippen LogP contribution is 2.37. The van der Waals surface area contributed by atoms with Crippen molar-refractivity contribution in [3.63, 3.8) is 0 Å². The van der Waals surface area contributed by atoms with Crippen LogP contribution in [0.15, 0.2) is 0 Å². The number of hydrogen-bond acceptors (Lipinski definition) is 3. The minimum absolute atomic E-state index is 0.0310. The van der Waals surface area contributed by atoms with E-state index in [1.807, 2.05) is 27.7 Å². The van der Waals surface area contributed by atoms with Crippen molar-refractivity contribution in [2.24, 2.45) is 11.8 Å². The minimum Gasteiger partial charge on any atom is -0.355 e. The third-order valence-corrected chi connectivity index (χ3v) is 3.41. The van der Waals surface area contributed by atoms with Crippen molar-refractivity contribution in [3.05, 3.63) is 0 Å². The summed E-state index contributed by atoms with van der Waals surface area (Å²) in [6, 6.07) is 0. The SMILES string of the molecule is CC1CC1C(=O)NCCC(=O)N(C)CC(=O)NC(C)(C)C. The van der Waals surface area contributed by atoms with E-state index >= 15 is 0 Å². The number of likely N-dealkylation sites (N-methyl/N-ethyl adjacent to an activating group) is 1. The quantitative estimate of drug-likeness (QED) is 0.750. The van der Waals surface area contributed by atoms with Gasteiger partial charge in [-0.05, 0) is 33.1 Å². The molecule has 3 amide bonds. The number of carbonyl (C=O) groups is 3. The molecule has 0 aliphatic heterocycles. The minimum atomic E-state index is -0.310. The van der Waals surface area contributed by atoms with E-state index in [1.165, 1.54) is 4.90 Å². The number of hydrogen-bond donors (Lipinski definition) is 2. The van der Waals surface area contributed by atoms with Crippen molar-refractivity contribution >= 4 is 17.7 Å². The Labute approximate surface area is 126 Å². The molecule has 0 bridgehead atoms. The molecule has 2 N–H and O–H groups in total. The van der Waals surface area contributed by atoms with Crippen LogP contribution in [0.5, 0.6) is 0 Å². The molecule has 1 rings (SSSR count). The summed E-state index contributed by atoms with van der Waals surface area (Å²) < 4.78 is 0. The Morgan fingerprint density at radius 3 is 2.29 bits per heavy atom. The fourth-order valence-corrected chi connectivity index (χ4v) is 2.06. The van der Waals surface area contributed by atoms with E-state index in [2.05, 4.69) is 10.6 Å². The van der Waals surface area contributed by atoms with Crippen LogP contribution in [0.3, 0.4) is 0 Å². The highest BCUT2D eigenvalue weighted by molar-refractivity contribution is 5.85. The van der Waals surface area contributed by atoms with Crippen molar-refractivity contribution in [1.29, 1.82) is 0 Å². The van der Waals surface area contributed by atoms with E-state index < -0.39 is 0 Å². The van der Waals surface area contributed by atoms with Crippen molar-refractivity contribution in [1.82, 2.24) is 15.5 Å². The van der Waals surface area contributed by atoms with Gasteiger partial charge in [0.25, 0.3) is 0 Å². The maximum Gasteiger partial charge on any atom is 0.240 e. The monoisotopic (exact) mass is 297 g/mol. The second kappa shape index (κ2) is 6.91. The van der Waals surface area contributed by atoms with Gasteiger partial charge in [0.05, 0.1) is 6.54 Å². The van der Waals surface area contributed by atoms with Gasteiger partial charge in [-0.2, -0.15) is 0 Å². The Morgan fingerprint density at radius 1 is 1.24 bits per heavy atom. The van der Waals surface area contributed by atoms with Gasteiger partial charge in [0.2, 0.25) is 17.7 Å². The lowest BCUT2D eigenvalue weighted by molar-refractivity contribution is -0.135. The van der Waals surface area contributed by atoms with Gasteiger partial charge in [-0.25, -0.2) is 0 Å². The van der Waals surface area contributed by atoms with Crippen LogP contribution in [0.1, 0.15) is 40.5 Å². The molecule has 6 heteroatoms. The van der Waals surface area contributed by atoms with E-state index in [1.54, 1.807) is 7.05 Å². The molecule has 6 nitrogen and oxygen atoms in total. The summed E-state index contributed by atoms with van der Waals surface area (Å²) in [6.45, 7) is 8.07. The highest BCUT2D eigenvalue weighted by atomic mass is 16.2. The first kappa shape index (κ1) is 17.5. The second-order valence-electron chi connectivity index (χ2n) is 6.91. The van der Waals surface area contributed by atoms with Crippen LogP contribution < -0.4 is 10.6 Å². The van der Waals surface area contributed by atoms with Crippen LogP contribution in [-0.4, -0.2) is 48.3 Å². The summed E-state index contributed by atoms with van der Waals surface area (Å²) in [5.74, 6) is 0.278. The Balaban J connectivity index is 2.21. The zero-order valence-corrected chi connectivity index (χ0v) is 13.7. The molecule has 0 spiro atoms. The van der Waals surface area contributed by atoms with Gasteiger partial charge < -0.3 is 15.5 Å². The lowest BCUT2D eigenvalue weighted by Crippen LogP contribution is -2.46. The molecule has 1 aliphatic carbocycles. The first-order chi connectivity index (χ1) is 9.60. The van der Waals surface area contributed by atoms with E-state index in [0.29, 0.717) is 12.5 Å². The van der Waals surface area contributed by atoms with Crippen molar-refractivity contribution < 1.29 is 14.4 Å². The molecule has 2 atom stereocenters. The van der Waals surface area contributed by atoms with Gasteiger partial charge in [-0.3, -0.25) is 14.4 Å². The van der Waals surface area contributed by atoms with E-state index in [9.17, 15) is 14.4 Å². The molecule has 0 aromatic rings. The van der Waals surface area contributed by atoms with Crippen molar-refractivity contribution in [3.8, 4) is 0 Å². The number of rotatable bonds is 6. The predicted octanol–water partition coefficient (Wildman–Crippen LogP) is 0.522. The Hall–Kier alpha value is -1.59. The second-order valence-corrected chi connectivity index (χ2v) is 6.91. The van der Waals surface area contributed by atoms with Crippen LogP contribution in [0.25, 0.3) is 0 Å². The van der Waals surface area contributed by atoms with Crippen LogP contribution >= 0.6 is 0 Å². The van der Waals surface area contributed by atoms with Crippen molar-refractivity contribution in [2.45, 2.75) is 46.1 Å². The molecule has 2 unspecified atom stereocenters. The molecule has 0 radical (unpaired) electrons. The van der Waals surface area contributed by atoms with Gasteiger partial charge in [-0.1, -0.05) is 6.92 Å². The van der Waals surface area contributed by atoms with E-state index in [4.69, 9.17) is 0 Å². The van der Waals surface area contributed by atoms with Crippen LogP contribution in [0.4, 0.5) is 0 Å². The van der Waals surface area contributed by atoms with E-state index in [0.717, 1.165) is 6.42 Å². The highest BCUT2D eigenvalue weighted by Gasteiger charge is 2.38. The summed E-state index contributed by atoms with van der Waals surface area (Å²) in [5.41, 5.74) is -0.310. The number of carbonyl (C=O) groups excluding carboxylic acids is 3. The molecule has 21 heavy (non-hydrogen) atoms. The van der Waals surface area contributed by atoms with Crippen molar-refractivity contribution in [2.75, 3.05) is 20.1 Å². The van der Waals surface area contributed by atoms with Gasteiger partial charge in [-0.15, -0.1) is 0 Å². The van der Waals surface area contributed by atoms with Gasteiger partial charge in [0.1, 0.15) is 0 Å². The first-order valence-corrected chi connectivity index (χ1v) is 7.43. The van der Waals surface area contributed by atoms with Crippen LogP contribution in [-0.2, 0) is 14.4 Å². The van der Waals surface area contributed by atoms with Gasteiger partial charge >= 0.3 is 0 Å². The molecule has 0 saturated heterocycles. The summed E-state index contributed by atoms with van der Waals surface area (Å²) in [7, 11) is 1.59. The topological polar surface area (TPSA) is 78.5 Å². The molecular weight excluding hydrogens is 270 g/mol. The van der Waals surface area contributed by atoms with Crippen LogP contribution in [0.2, 0.25) is 0 Å². The standard InChI is InChI=1S/C15H27N3O3/c1-10-8-11(10)14(21)16-7-6-13(20)18(5)9-12(19)17-15(2,3)4/h10-11H,6-9H2,1-5H3,(H,16,21)(H,17,19). The van der Waals surface area contributed by atoms with Gasteiger partial charge in [0.15, 0.2) is 0 Å². The Kier molecular flexibility index (Phi) is 5.75. The largest absolute Gasteiger partial charge is 0.355 e. The van der Waals surface area contributed by atoms with Crippen LogP contribution in [0, 0.1) is 11.8 Å². The first-order valence-electron chi connectivity index (χ1n) is 7.43. The summed E-state index contributed by atoms with van der Waals surface area (Å²) in [5, 5.41) is 5.57. The predicted molar refractivity (Wildman–Crippen MR) is 80.4 cm³/mol. The molecular formula is C15H27N3O3. The lowest BCUT2D eigenvalue weighted by Gasteiger charge is -2.23. The molecule has 1 fully saturated rings. The van der Waals surface area contributed by atoms with E-state index in [-0.39, 0.29) is 42.1 Å². The summed E-state index contributed by atoms with van der Waals surface area (Å²) in [4.78, 5) is 36.6. The maximum atomic E-state index is 11.9. The average molecular weight is 297 g/mol. The third kappa shape index (κ3) is 6.60.